The van der Waals surface area contributed by atoms with Gasteiger partial charge in [0.1, 0.15) is 5.02 Å². The average molecular weight is 286 g/mol. The molecule has 1 rings (SSSR count). The molecule has 0 unspecified atom stereocenters. The Labute approximate surface area is 118 Å². The summed E-state index contributed by atoms with van der Waals surface area (Å²) in [7, 11) is 3.47. The molecule has 1 aromatic heterocycles. The van der Waals surface area contributed by atoms with E-state index in [0.717, 1.165) is 13.0 Å². The molecule has 0 aliphatic rings. The lowest BCUT2D eigenvalue weighted by Gasteiger charge is -2.19. The number of nitrogens with one attached hydrogen (secondary N) is 2. The molecule has 0 aliphatic carbocycles. The van der Waals surface area contributed by atoms with Crippen LogP contribution in [0.3, 0.4) is 0 Å². The zero-order valence-corrected chi connectivity index (χ0v) is 12.3. The molecule has 0 atom stereocenters. The fourth-order valence-corrected chi connectivity index (χ4v) is 1.68. The van der Waals surface area contributed by atoms with Crippen molar-refractivity contribution in [3.05, 3.63) is 11.2 Å². The number of amides is 1. The highest BCUT2D eigenvalue weighted by Gasteiger charge is 2.11. The van der Waals surface area contributed by atoms with Crippen molar-refractivity contribution >= 4 is 29.3 Å². The largest absolute Gasteiger partial charge is 0.359 e. The van der Waals surface area contributed by atoms with Gasteiger partial charge in [-0.3, -0.25) is 4.79 Å². The molecule has 7 heteroatoms. The van der Waals surface area contributed by atoms with Gasteiger partial charge in [-0.05, 0) is 6.42 Å². The Morgan fingerprint density at radius 3 is 2.89 bits per heavy atom. The van der Waals surface area contributed by atoms with Crippen LogP contribution >= 0.6 is 11.6 Å². The molecule has 0 aromatic carbocycles. The molecule has 0 bridgehead atoms. The first-order valence-corrected chi connectivity index (χ1v) is 6.64. The molecule has 106 valence electrons. The third-order valence-electron chi connectivity index (χ3n) is 2.57. The molecule has 0 spiro atoms. The summed E-state index contributed by atoms with van der Waals surface area (Å²) in [6.45, 7) is 3.42. The van der Waals surface area contributed by atoms with Gasteiger partial charge >= 0.3 is 0 Å². The minimum atomic E-state index is -0.0126. The number of anilines is 2. The van der Waals surface area contributed by atoms with Crippen molar-refractivity contribution in [3.63, 3.8) is 0 Å². The predicted molar refractivity (Wildman–Crippen MR) is 77.8 cm³/mol. The summed E-state index contributed by atoms with van der Waals surface area (Å²) in [6, 6.07) is 0. The van der Waals surface area contributed by atoms with Gasteiger partial charge in [0.05, 0.1) is 6.20 Å². The quantitative estimate of drug-likeness (QED) is 0.795. The standard InChI is InChI=1S/C12H20ClN5O/c1-4-6-15-12-16-8-9(13)11(17-12)18(3)7-5-10(19)14-2/h8H,4-7H2,1-3H3,(H,14,19)(H,15,16,17). The van der Waals surface area contributed by atoms with E-state index in [4.69, 9.17) is 11.6 Å². The van der Waals surface area contributed by atoms with Gasteiger partial charge in [-0.25, -0.2) is 4.98 Å². The van der Waals surface area contributed by atoms with Crippen LogP contribution in [-0.2, 0) is 4.79 Å². The van der Waals surface area contributed by atoms with Crippen molar-refractivity contribution in [3.8, 4) is 0 Å². The molecule has 2 N–H and O–H groups in total. The number of hydrogen-bond donors (Lipinski definition) is 2. The van der Waals surface area contributed by atoms with Gasteiger partial charge in [0, 0.05) is 33.6 Å². The Balaban J connectivity index is 2.71. The van der Waals surface area contributed by atoms with Gasteiger partial charge in [-0.15, -0.1) is 0 Å². The van der Waals surface area contributed by atoms with Crippen molar-refractivity contribution in [2.24, 2.45) is 0 Å². The molecule has 19 heavy (non-hydrogen) atoms. The van der Waals surface area contributed by atoms with Gasteiger partial charge in [0.15, 0.2) is 5.82 Å². The lowest BCUT2D eigenvalue weighted by Crippen LogP contribution is -2.27. The predicted octanol–water partition coefficient (Wildman–Crippen LogP) is 1.52. The summed E-state index contributed by atoms with van der Waals surface area (Å²) in [5.74, 6) is 1.16. The third-order valence-corrected chi connectivity index (χ3v) is 2.84. The van der Waals surface area contributed by atoms with E-state index in [0.29, 0.717) is 29.8 Å². The summed E-state index contributed by atoms with van der Waals surface area (Å²) in [4.78, 5) is 21.5. The topological polar surface area (TPSA) is 70.2 Å². The van der Waals surface area contributed by atoms with Crippen LogP contribution in [-0.4, -0.2) is 43.1 Å². The van der Waals surface area contributed by atoms with Crippen molar-refractivity contribution in [1.29, 1.82) is 0 Å². The normalized spacial score (nSPS) is 10.1. The molecule has 0 fully saturated rings. The number of aromatic nitrogens is 2. The maximum atomic E-state index is 11.2. The van der Waals surface area contributed by atoms with Crippen LogP contribution < -0.4 is 15.5 Å². The van der Waals surface area contributed by atoms with Crippen LogP contribution in [0.15, 0.2) is 6.20 Å². The molecular weight excluding hydrogens is 266 g/mol. The summed E-state index contributed by atoms with van der Waals surface area (Å²) in [5.41, 5.74) is 0. The zero-order valence-electron chi connectivity index (χ0n) is 11.5. The SMILES string of the molecule is CCCNc1ncc(Cl)c(N(C)CCC(=O)NC)n1. The summed E-state index contributed by atoms with van der Waals surface area (Å²) >= 11 is 6.08. The summed E-state index contributed by atoms with van der Waals surface area (Å²) in [5, 5.41) is 6.16. The highest BCUT2D eigenvalue weighted by Crippen LogP contribution is 2.22. The van der Waals surface area contributed by atoms with E-state index in [1.165, 1.54) is 0 Å². The second-order valence-electron chi connectivity index (χ2n) is 4.14. The minimum Gasteiger partial charge on any atom is -0.359 e. The van der Waals surface area contributed by atoms with Crippen LogP contribution in [0.25, 0.3) is 0 Å². The van der Waals surface area contributed by atoms with E-state index in [-0.39, 0.29) is 5.91 Å². The van der Waals surface area contributed by atoms with E-state index in [1.54, 1.807) is 13.2 Å². The molecule has 6 nitrogen and oxygen atoms in total. The molecule has 1 heterocycles. The monoisotopic (exact) mass is 285 g/mol. The number of nitrogens with zero attached hydrogens (tertiary/aromatic N) is 3. The van der Waals surface area contributed by atoms with Gasteiger partial charge in [0.2, 0.25) is 11.9 Å². The lowest BCUT2D eigenvalue weighted by atomic mass is 10.3. The number of halogens is 1. The molecule has 1 amide bonds. The smallest absolute Gasteiger partial charge is 0.224 e. The maximum Gasteiger partial charge on any atom is 0.224 e. The van der Waals surface area contributed by atoms with Crippen LogP contribution in [0, 0.1) is 0 Å². The Morgan fingerprint density at radius 1 is 1.53 bits per heavy atom. The first kappa shape index (κ1) is 15.5. The molecule has 0 aliphatic heterocycles. The van der Waals surface area contributed by atoms with Gasteiger partial charge < -0.3 is 15.5 Å². The maximum absolute atomic E-state index is 11.2. The van der Waals surface area contributed by atoms with Crippen LogP contribution in [0.5, 0.6) is 0 Å². The Hall–Kier alpha value is -1.56. The van der Waals surface area contributed by atoms with Gasteiger partial charge in [0.25, 0.3) is 0 Å². The van der Waals surface area contributed by atoms with Crippen molar-refractivity contribution in [2.75, 3.05) is 37.4 Å². The Morgan fingerprint density at radius 2 is 2.26 bits per heavy atom. The molecule has 0 radical (unpaired) electrons. The molecular formula is C12H20ClN5O. The van der Waals surface area contributed by atoms with E-state index in [2.05, 4.69) is 27.5 Å². The third kappa shape index (κ3) is 4.90. The highest BCUT2D eigenvalue weighted by molar-refractivity contribution is 6.32. The van der Waals surface area contributed by atoms with Crippen LogP contribution in [0.2, 0.25) is 5.02 Å². The summed E-state index contributed by atoms with van der Waals surface area (Å²) < 4.78 is 0. The van der Waals surface area contributed by atoms with Gasteiger partial charge in [-0.1, -0.05) is 18.5 Å². The number of rotatable bonds is 7. The van der Waals surface area contributed by atoms with E-state index in [9.17, 15) is 4.79 Å². The Bertz CT molecular complexity index is 427. The number of hydrogen-bond acceptors (Lipinski definition) is 5. The second-order valence-corrected chi connectivity index (χ2v) is 4.54. The average Bonchev–Trinajstić information content (AvgIpc) is 2.43. The lowest BCUT2D eigenvalue weighted by molar-refractivity contribution is -0.120. The minimum absolute atomic E-state index is 0.0126. The first-order valence-electron chi connectivity index (χ1n) is 6.26. The van der Waals surface area contributed by atoms with Gasteiger partial charge in [-0.2, -0.15) is 4.98 Å². The number of carbonyl (C=O) groups excluding carboxylic acids is 1. The van der Waals surface area contributed by atoms with Crippen molar-refractivity contribution in [1.82, 2.24) is 15.3 Å². The van der Waals surface area contributed by atoms with Crippen molar-refractivity contribution < 1.29 is 4.79 Å². The van der Waals surface area contributed by atoms with E-state index in [1.807, 2.05) is 11.9 Å². The van der Waals surface area contributed by atoms with Crippen LogP contribution in [0.4, 0.5) is 11.8 Å². The zero-order chi connectivity index (χ0) is 14.3. The molecule has 0 saturated heterocycles. The van der Waals surface area contributed by atoms with E-state index < -0.39 is 0 Å². The number of carbonyl (C=O) groups is 1. The fourth-order valence-electron chi connectivity index (χ4n) is 1.45. The van der Waals surface area contributed by atoms with E-state index >= 15 is 0 Å². The second kappa shape index (κ2) is 7.78. The van der Waals surface area contributed by atoms with Crippen LogP contribution in [0.1, 0.15) is 19.8 Å². The summed E-state index contributed by atoms with van der Waals surface area (Å²) in [6.07, 6.45) is 2.96. The molecule has 0 saturated carbocycles. The van der Waals surface area contributed by atoms with Crippen molar-refractivity contribution in [2.45, 2.75) is 19.8 Å². The first-order chi connectivity index (χ1) is 9.08. The molecule has 1 aromatic rings. The fraction of sp³-hybridized carbons (Fsp3) is 0.583. The highest BCUT2D eigenvalue weighted by atomic mass is 35.5. The Kier molecular flexibility index (Phi) is 6.35.